The summed E-state index contributed by atoms with van der Waals surface area (Å²) in [6.45, 7) is 2.85. The quantitative estimate of drug-likeness (QED) is 0.455. The molecule has 2 aromatic rings. The first-order valence-corrected chi connectivity index (χ1v) is 10.8. The monoisotopic (exact) mass is 504 g/mol. The molecule has 0 radical (unpaired) electrons. The van der Waals surface area contributed by atoms with Gasteiger partial charge in [0.1, 0.15) is 11.6 Å². The SMILES string of the molecule is CCC(=O)N1CC(c2ccc(C3=NOC(c4cc(Cl)cc(C(F)(F)F)c4)C3C(F)(F)F)cc2)C1. The van der Waals surface area contributed by atoms with Crippen molar-refractivity contribution in [3.05, 3.63) is 69.7 Å². The van der Waals surface area contributed by atoms with Crippen LogP contribution in [-0.2, 0) is 15.8 Å². The Labute approximate surface area is 196 Å². The molecule has 0 spiro atoms. The van der Waals surface area contributed by atoms with Crippen molar-refractivity contribution in [2.45, 2.75) is 37.7 Å². The van der Waals surface area contributed by atoms with Gasteiger partial charge in [-0.2, -0.15) is 26.3 Å². The number of carbonyl (C=O) groups is 1. The average molecular weight is 505 g/mol. The van der Waals surface area contributed by atoms with Gasteiger partial charge in [0, 0.05) is 36.0 Å². The van der Waals surface area contributed by atoms with Gasteiger partial charge in [0.15, 0.2) is 6.10 Å². The molecule has 2 unspecified atom stereocenters. The smallest absolute Gasteiger partial charge is 0.386 e. The van der Waals surface area contributed by atoms with E-state index in [-0.39, 0.29) is 28.0 Å². The molecule has 0 aromatic heterocycles. The molecule has 2 aromatic carbocycles. The number of carbonyl (C=O) groups excluding carboxylic acids is 1. The van der Waals surface area contributed by atoms with Crippen LogP contribution in [0, 0.1) is 5.92 Å². The van der Waals surface area contributed by atoms with Crippen molar-refractivity contribution in [1.82, 2.24) is 4.90 Å². The summed E-state index contributed by atoms with van der Waals surface area (Å²) >= 11 is 5.76. The van der Waals surface area contributed by atoms with Crippen molar-refractivity contribution in [2.75, 3.05) is 13.1 Å². The van der Waals surface area contributed by atoms with E-state index >= 15 is 0 Å². The molecule has 1 amide bonds. The van der Waals surface area contributed by atoms with Crippen molar-refractivity contribution < 1.29 is 36.0 Å². The van der Waals surface area contributed by atoms with Crippen LogP contribution in [0.15, 0.2) is 47.6 Å². The lowest BCUT2D eigenvalue weighted by molar-refractivity contribution is -0.177. The summed E-state index contributed by atoms with van der Waals surface area (Å²) in [5.74, 6) is -2.15. The first-order chi connectivity index (χ1) is 15.9. The first-order valence-electron chi connectivity index (χ1n) is 10.4. The number of likely N-dealkylation sites (tertiary alicyclic amines) is 1. The second kappa shape index (κ2) is 8.79. The number of amides is 1. The van der Waals surface area contributed by atoms with Crippen LogP contribution < -0.4 is 0 Å². The highest BCUT2D eigenvalue weighted by Crippen LogP contribution is 2.46. The Kier molecular flexibility index (Phi) is 6.30. The number of hydrogen-bond acceptors (Lipinski definition) is 3. The fraction of sp³-hybridized carbons (Fsp3) is 0.391. The summed E-state index contributed by atoms with van der Waals surface area (Å²) < 4.78 is 81.6. The average Bonchev–Trinajstić information content (AvgIpc) is 3.18. The van der Waals surface area contributed by atoms with Crippen LogP contribution in [0.5, 0.6) is 0 Å². The number of halogens is 7. The van der Waals surface area contributed by atoms with Crippen molar-refractivity contribution >= 4 is 23.2 Å². The Balaban J connectivity index is 1.58. The van der Waals surface area contributed by atoms with E-state index in [2.05, 4.69) is 5.16 Å². The second-order valence-corrected chi connectivity index (χ2v) is 8.70. The highest BCUT2D eigenvalue weighted by molar-refractivity contribution is 6.30. The summed E-state index contributed by atoms with van der Waals surface area (Å²) in [5, 5.41) is 3.25. The molecule has 0 aliphatic carbocycles. The lowest BCUT2D eigenvalue weighted by Gasteiger charge is -2.39. The number of hydrogen-bond donors (Lipinski definition) is 0. The standard InChI is InChI=1S/C23H19ClF6N2O2/c1-2-18(33)32-10-15(11-32)12-3-5-13(6-4-12)20-19(23(28,29)30)21(34-31-20)14-7-16(22(25,26)27)9-17(24)8-14/h3-9,15,19,21H,2,10-11H2,1H3. The third-order valence-corrected chi connectivity index (χ3v) is 6.22. The topological polar surface area (TPSA) is 41.9 Å². The van der Waals surface area contributed by atoms with E-state index < -0.39 is 35.6 Å². The fourth-order valence-corrected chi connectivity index (χ4v) is 4.41. The Bertz CT molecular complexity index is 1110. The largest absolute Gasteiger partial charge is 0.416 e. The van der Waals surface area contributed by atoms with Crippen LogP contribution in [0.4, 0.5) is 26.3 Å². The lowest BCUT2D eigenvalue weighted by atomic mass is 9.86. The van der Waals surface area contributed by atoms with Gasteiger partial charge in [-0.1, -0.05) is 47.9 Å². The molecule has 2 aliphatic rings. The van der Waals surface area contributed by atoms with Crippen molar-refractivity contribution in [1.29, 1.82) is 0 Å². The van der Waals surface area contributed by atoms with Crippen LogP contribution >= 0.6 is 11.6 Å². The molecule has 34 heavy (non-hydrogen) atoms. The first kappa shape index (κ1) is 24.4. The predicted octanol–water partition coefficient (Wildman–Crippen LogP) is 6.35. The molecule has 2 atom stereocenters. The molecule has 4 rings (SSSR count). The Morgan fingerprint density at radius 1 is 1.06 bits per heavy atom. The van der Waals surface area contributed by atoms with Gasteiger partial charge in [0.25, 0.3) is 0 Å². The maximum atomic E-state index is 14.0. The third-order valence-electron chi connectivity index (χ3n) is 6.01. The number of rotatable bonds is 4. The molecule has 11 heteroatoms. The van der Waals surface area contributed by atoms with E-state index in [1.807, 2.05) is 0 Å². The van der Waals surface area contributed by atoms with E-state index in [1.54, 1.807) is 24.0 Å². The van der Waals surface area contributed by atoms with Gasteiger partial charge < -0.3 is 9.74 Å². The summed E-state index contributed by atoms with van der Waals surface area (Å²) in [6, 6.07) is 8.53. The van der Waals surface area contributed by atoms with Gasteiger partial charge in [-0.05, 0) is 29.3 Å². The van der Waals surface area contributed by atoms with Crippen molar-refractivity contribution in [2.24, 2.45) is 11.1 Å². The molecule has 4 nitrogen and oxygen atoms in total. The highest BCUT2D eigenvalue weighted by atomic mass is 35.5. The maximum Gasteiger partial charge on any atom is 0.416 e. The van der Waals surface area contributed by atoms with Crippen LogP contribution in [0.2, 0.25) is 5.02 Å². The van der Waals surface area contributed by atoms with E-state index in [9.17, 15) is 31.1 Å². The van der Waals surface area contributed by atoms with Crippen molar-refractivity contribution in [3.63, 3.8) is 0 Å². The Morgan fingerprint density at radius 2 is 1.71 bits per heavy atom. The minimum atomic E-state index is -4.84. The Morgan fingerprint density at radius 3 is 2.26 bits per heavy atom. The van der Waals surface area contributed by atoms with Crippen molar-refractivity contribution in [3.8, 4) is 0 Å². The lowest BCUT2D eigenvalue weighted by Crippen LogP contribution is -2.48. The number of benzene rings is 2. The molecular weight excluding hydrogens is 486 g/mol. The second-order valence-electron chi connectivity index (χ2n) is 8.26. The number of alkyl halides is 6. The van der Waals surface area contributed by atoms with E-state index in [0.29, 0.717) is 31.6 Å². The molecule has 1 saturated heterocycles. The van der Waals surface area contributed by atoms with Crippen LogP contribution in [0.1, 0.15) is 47.6 Å². The zero-order chi connectivity index (χ0) is 24.8. The van der Waals surface area contributed by atoms with Crippen LogP contribution in [-0.4, -0.2) is 35.8 Å². The molecule has 2 aliphatic heterocycles. The summed E-state index contributed by atoms with van der Waals surface area (Å²) in [7, 11) is 0. The number of nitrogens with zero attached hydrogens (tertiary/aromatic N) is 2. The maximum absolute atomic E-state index is 14.0. The molecule has 182 valence electrons. The van der Waals surface area contributed by atoms with Crippen LogP contribution in [0.25, 0.3) is 0 Å². The van der Waals surface area contributed by atoms with Gasteiger partial charge in [-0.3, -0.25) is 4.79 Å². The molecule has 0 N–H and O–H groups in total. The minimum absolute atomic E-state index is 0.0408. The van der Waals surface area contributed by atoms with Gasteiger partial charge in [0.05, 0.1) is 5.56 Å². The van der Waals surface area contributed by atoms with Gasteiger partial charge >= 0.3 is 12.4 Å². The summed E-state index contributed by atoms with van der Waals surface area (Å²) in [5.41, 5.74) is -0.948. The van der Waals surface area contributed by atoms with E-state index in [4.69, 9.17) is 16.4 Å². The molecule has 1 fully saturated rings. The van der Waals surface area contributed by atoms with Gasteiger partial charge in [-0.15, -0.1) is 0 Å². The minimum Gasteiger partial charge on any atom is -0.386 e. The Hall–Kier alpha value is -2.75. The third kappa shape index (κ3) is 4.73. The predicted molar refractivity (Wildman–Crippen MR) is 112 cm³/mol. The van der Waals surface area contributed by atoms with Crippen LogP contribution in [0.3, 0.4) is 0 Å². The number of oxime groups is 1. The molecular formula is C23H19ClF6N2O2. The van der Waals surface area contributed by atoms with Gasteiger partial charge in [0.2, 0.25) is 5.91 Å². The molecule has 0 bridgehead atoms. The molecule has 2 heterocycles. The summed E-state index contributed by atoms with van der Waals surface area (Å²) in [6.07, 6.45) is -11.0. The normalized spacial score (nSPS) is 21.2. The fourth-order valence-electron chi connectivity index (χ4n) is 4.17. The van der Waals surface area contributed by atoms with E-state index in [0.717, 1.165) is 11.6 Å². The zero-order valence-corrected chi connectivity index (χ0v) is 18.5. The highest BCUT2D eigenvalue weighted by Gasteiger charge is 2.54. The summed E-state index contributed by atoms with van der Waals surface area (Å²) in [4.78, 5) is 18.4. The zero-order valence-electron chi connectivity index (χ0n) is 17.8. The van der Waals surface area contributed by atoms with E-state index in [1.165, 1.54) is 12.1 Å². The van der Waals surface area contributed by atoms with Gasteiger partial charge in [-0.25, -0.2) is 0 Å². The molecule has 0 saturated carbocycles.